The van der Waals surface area contributed by atoms with Gasteiger partial charge in [-0.15, -0.1) is 0 Å². The summed E-state index contributed by atoms with van der Waals surface area (Å²) in [4.78, 5) is 22.9. The van der Waals surface area contributed by atoms with Crippen LogP contribution in [-0.4, -0.2) is 30.2 Å². The molecule has 1 fully saturated rings. The van der Waals surface area contributed by atoms with E-state index in [4.69, 9.17) is 5.11 Å². The van der Waals surface area contributed by atoms with Crippen molar-refractivity contribution in [2.45, 2.75) is 58.8 Å². The Labute approximate surface area is 127 Å². The quantitative estimate of drug-likeness (QED) is 0.612. The van der Waals surface area contributed by atoms with Gasteiger partial charge >= 0.3 is 12.0 Å². The number of rotatable bonds is 9. The van der Waals surface area contributed by atoms with E-state index in [1.165, 1.54) is 12.8 Å². The van der Waals surface area contributed by atoms with E-state index in [1.807, 2.05) is 0 Å². The zero-order valence-electron chi connectivity index (χ0n) is 13.4. The van der Waals surface area contributed by atoms with Gasteiger partial charge in [0.25, 0.3) is 0 Å². The van der Waals surface area contributed by atoms with Crippen molar-refractivity contribution in [1.29, 1.82) is 0 Å². The van der Waals surface area contributed by atoms with Gasteiger partial charge < -0.3 is 15.7 Å². The van der Waals surface area contributed by atoms with Crippen LogP contribution in [0.25, 0.3) is 0 Å². The summed E-state index contributed by atoms with van der Waals surface area (Å²) in [6, 6.07) is -0.166. The molecule has 122 valence electrons. The fourth-order valence-corrected chi connectivity index (χ4v) is 3.07. The van der Waals surface area contributed by atoms with Crippen LogP contribution in [-0.2, 0) is 4.79 Å². The van der Waals surface area contributed by atoms with E-state index in [2.05, 4.69) is 24.5 Å². The first kappa shape index (κ1) is 17.8. The summed E-state index contributed by atoms with van der Waals surface area (Å²) in [5, 5.41) is 14.9. The molecular weight excluding hydrogens is 268 g/mol. The highest BCUT2D eigenvalue weighted by atomic mass is 16.4. The lowest BCUT2D eigenvalue weighted by atomic mass is 9.96. The lowest BCUT2D eigenvalue weighted by Crippen LogP contribution is -2.41. The standard InChI is InChI=1S/C16H30N2O3/c1-3-5-7-12(4-2)10-17-16(21)18-11-13-8-6-9-14(13)15(19)20/h12-14H,3-11H2,1-2H3,(H,19,20)(H2,17,18,21). The van der Waals surface area contributed by atoms with Gasteiger partial charge in [0.05, 0.1) is 5.92 Å². The van der Waals surface area contributed by atoms with Crippen LogP contribution in [0.15, 0.2) is 0 Å². The number of amides is 2. The summed E-state index contributed by atoms with van der Waals surface area (Å²) in [6.45, 7) is 5.49. The monoisotopic (exact) mass is 298 g/mol. The fourth-order valence-electron chi connectivity index (χ4n) is 3.07. The molecule has 5 heteroatoms. The molecule has 3 N–H and O–H groups in total. The number of carbonyl (C=O) groups is 2. The van der Waals surface area contributed by atoms with Crippen LogP contribution in [0.2, 0.25) is 0 Å². The molecule has 0 aromatic carbocycles. The summed E-state index contributed by atoms with van der Waals surface area (Å²) in [5.74, 6) is -0.409. The number of urea groups is 1. The molecule has 0 bridgehead atoms. The zero-order chi connectivity index (χ0) is 15.7. The first-order chi connectivity index (χ1) is 10.1. The van der Waals surface area contributed by atoms with Gasteiger partial charge in [0.2, 0.25) is 0 Å². The normalized spacial score (nSPS) is 22.8. The number of unbranched alkanes of at least 4 members (excludes halogenated alkanes) is 1. The number of nitrogens with one attached hydrogen (secondary N) is 2. The van der Waals surface area contributed by atoms with Crippen molar-refractivity contribution in [3.8, 4) is 0 Å². The molecule has 0 spiro atoms. The van der Waals surface area contributed by atoms with E-state index in [-0.39, 0.29) is 17.9 Å². The van der Waals surface area contributed by atoms with Gasteiger partial charge in [0.15, 0.2) is 0 Å². The highest BCUT2D eigenvalue weighted by Gasteiger charge is 2.32. The molecule has 1 saturated carbocycles. The molecule has 0 aromatic rings. The summed E-state index contributed by atoms with van der Waals surface area (Å²) < 4.78 is 0. The topological polar surface area (TPSA) is 78.4 Å². The Hall–Kier alpha value is -1.26. The lowest BCUT2D eigenvalue weighted by Gasteiger charge is -2.18. The van der Waals surface area contributed by atoms with Crippen LogP contribution < -0.4 is 10.6 Å². The molecule has 1 aliphatic rings. The Morgan fingerprint density at radius 3 is 2.62 bits per heavy atom. The maximum absolute atomic E-state index is 11.8. The maximum atomic E-state index is 11.8. The van der Waals surface area contributed by atoms with Crippen molar-refractivity contribution in [2.24, 2.45) is 17.8 Å². The van der Waals surface area contributed by atoms with Gasteiger partial charge in [-0.3, -0.25) is 4.79 Å². The van der Waals surface area contributed by atoms with E-state index >= 15 is 0 Å². The van der Waals surface area contributed by atoms with Crippen molar-refractivity contribution in [3.05, 3.63) is 0 Å². The Balaban J connectivity index is 2.22. The maximum Gasteiger partial charge on any atom is 0.314 e. The third-order valence-electron chi connectivity index (χ3n) is 4.60. The van der Waals surface area contributed by atoms with E-state index in [0.717, 1.165) is 32.1 Å². The van der Waals surface area contributed by atoms with Crippen LogP contribution in [0.4, 0.5) is 4.79 Å². The van der Waals surface area contributed by atoms with E-state index < -0.39 is 5.97 Å². The van der Waals surface area contributed by atoms with Crippen LogP contribution in [0.3, 0.4) is 0 Å². The second-order valence-electron chi connectivity index (χ2n) is 6.14. The molecule has 1 rings (SSSR count). The predicted molar refractivity (Wildman–Crippen MR) is 83.2 cm³/mol. The van der Waals surface area contributed by atoms with E-state index in [9.17, 15) is 9.59 Å². The van der Waals surface area contributed by atoms with Gasteiger partial charge in [-0.1, -0.05) is 39.5 Å². The molecule has 3 atom stereocenters. The van der Waals surface area contributed by atoms with Crippen LogP contribution in [0, 0.1) is 17.8 Å². The molecule has 1 aliphatic carbocycles. The SMILES string of the molecule is CCCCC(CC)CNC(=O)NCC1CCCC1C(=O)O. The molecular formula is C16H30N2O3. The molecule has 5 nitrogen and oxygen atoms in total. The first-order valence-corrected chi connectivity index (χ1v) is 8.32. The molecule has 0 saturated heterocycles. The number of aliphatic carboxylic acids is 1. The summed E-state index contributed by atoms with van der Waals surface area (Å²) in [7, 11) is 0. The second kappa shape index (κ2) is 9.64. The molecule has 0 aromatic heterocycles. The number of hydrogen-bond acceptors (Lipinski definition) is 2. The smallest absolute Gasteiger partial charge is 0.314 e. The van der Waals surface area contributed by atoms with E-state index in [1.54, 1.807) is 0 Å². The van der Waals surface area contributed by atoms with E-state index in [0.29, 0.717) is 19.0 Å². The molecule has 0 heterocycles. The molecule has 0 aliphatic heterocycles. The van der Waals surface area contributed by atoms with Crippen LogP contribution >= 0.6 is 0 Å². The third-order valence-corrected chi connectivity index (χ3v) is 4.60. The number of carboxylic acids is 1. The average Bonchev–Trinajstić information content (AvgIpc) is 2.94. The van der Waals surface area contributed by atoms with Gasteiger partial charge in [0.1, 0.15) is 0 Å². The van der Waals surface area contributed by atoms with Crippen molar-refractivity contribution in [1.82, 2.24) is 10.6 Å². The average molecular weight is 298 g/mol. The highest BCUT2D eigenvalue weighted by molar-refractivity contribution is 5.74. The highest BCUT2D eigenvalue weighted by Crippen LogP contribution is 2.31. The minimum atomic E-state index is -0.731. The number of hydrogen-bond donors (Lipinski definition) is 3. The molecule has 21 heavy (non-hydrogen) atoms. The predicted octanol–water partition coefficient (Wildman–Crippen LogP) is 3.00. The van der Waals surface area contributed by atoms with Gasteiger partial charge in [0, 0.05) is 13.1 Å². The molecule has 2 amide bonds. The largest absolute Gasteiger partial charge is 0.481 e. The van der Waals surface area contributed by atoms with Crippen molar-refractivity contribution < 1.29 is 14.7 Å². The van der Waals surface area contributed by atoms with Crippen LogP contribution in [0.1, 0.15) is 58.8 Å². The van der Waals surface area contributed by atoms with Gasteiger partial charge in [-0.05, 0) is 31.1 Å². The minimum absolute atomic E-state index is 0.0790. The summed E-state index contributed by atoms with van der Waals surface area (Å²) in [6.07, 6.45) is 7.18. The minimum Gasteiger partial charge on any atom is -0.481 e. The Kier molecular flexibility index (Phi) is 8.16. The molecule has 3 unspecified atom stereocenters. The third kappa shape index (κ3) is 6.36. The molecule has 0 radical (unpaired) electrons. The lowest BCUT2D eigenvalue weighted by molar-refractivity contribution is -0.142. The van der Waals surface area contributed by atoms with Crippen LogP contribution in [0.5, 0.6) is 0 Å². The van der Waals surface area contributed by atoms with Crippen molar-refractivity contribution in [2.75, 3.05) is 13.1 Å². The van der Waals surface area contributed by atoms with Gasteiger partial charge in [-0.25, -0.2) is 4.79 Å². The Morgan fingerprint density at radius 2 is 2.00 bits per heavy atom. The van der Waals surface area contributed by atoms with Gasteiger partial charge in [-0.2, -0.15) is 0 Å². The first-order valence-electron chi connectivity index (χ1n) is 8.32. The second-order valence-corrected chi connectivity index (χ2v) is 6.14. The summed E-state index contributed by atoms with van der Waals surface area (Å²) in [5.41, 5.74) is 0. The van der Waals surface area contributed by atoms with Crippen molar-refractivity contribution >= 4 is 12.0 Å². The zero-order valence-corrected chi connectivity index (χ0v) is 13.4. The van der Waals surface area contributed by atoms with Crippen molar-refractivity contribution in [3.63, 3.8) is 0 Å². The number of carbonyl (C=O) groups excluding carboxylic acids is 1. The summed E-state index contributed by atoms with van der Waals surface area (Å²) >= 11 is 0. The number of carboxylic acid groups (broad SMARTS) is 1. The Morgan fingerprint density at radius 1 is 1.24 bits per heavy atom. The fraction of sp³-hybridized carbons (Fsp3) is 0.875. The Bertz CT molecular complexity index is 333.